The first kappa shape index (κ1) is 13.8. The number of hydrogen-bond donors (Lipinski definition) is 0. The monoisotopic (exact) mass is 291 g/mol. The zero-order valence-corrected chi connectivity index (χ0v) is 11.7. The summed E-state index contributed by atoms with van der Waals surface area (Å²) in [6.07, 6.45) is 10.1. The van der Waals surface area contributed by atoms with Crippen LogP contribution in [0, 0.1) is 0 Å². The molecule has 0 saturated heterocycles. The standard InChI is InChI=1S/C18H13NO3/c20-18-16(10-4-8-15-9-5-13-21-15)19-17(22-18)12-11-14-6-2-1-3-7-14/h1-13H/b8-4+,12-11+,16-10+. The quantitative estimate of drug-likeness (QED) is 0.635. The Kier molecular flexibility index (Phi) is 4.11. The number of carbonyl (C=O) groups is 1. The van der Waals surface area contributed by atoms with Crippen LogP contribution in [0.3, 0.4) is 0 Å². The lowest BCUT2D eigenvalue weighted by atomic mass is 10.2. The predicted molar refractivity (Wildman–Crippen MR) is 84.8 cm³/mol. The molecule has 4 nitrogen and oxygen atoms in total. The largest absolute Gasteiger partial charge is 0.465 e. The highest BCUT2D eigenvalue weighted by molar-refractivity contribution is 6.09. The average molecular weight is 291 g/mol. The molecule has 0 fully saturated rings. The fourth-order valence-corrected chi connectivity index (χ4v) is 1.86. The fraction of sp³-hybridized carbons (Fsp3) is 0. The van der Waals surface area contributed by atoms with Gasteiger partial charge in [0, 0.05) is 6.08 Å². The molecule has 22 heavy (non-hydrogen) atoms. The Labute approximate surface area is 127 Å². The average Bonchev–Trinajstić information content (AvgIpc) is 3.17. The van der Waals surface area contributed by atoms with Crippen LogP contribution in [0.5, 0.6) is 0 Å². The molecule has 1 aliphatic heterocycles. The second-order valence-electron chi connectivity index (χ2n) is 4.51. The van der Waals surface area contributed by atoms with E-state index >= 15 is 0 Å². The van der Waals surface area contributed by atoms with Crippen molar-refractivity contribution in [1.82, 2.24) is 0 Å². The number of furan rings is 1. The van der Waals surface area contributed by atoms with Gasteiger partial charge in [0.15, 0.2) is 5.70 Å². The summed E-state index contributed by atoms with van der Waals surface area (Å²) in [5.41, 5.74) is 1.27. The number of nitrogens with zero attached hydrogens (tertiary/aromatic N) is 1. The highest BCUT2D eigenvalue weighted by Gasteiger charge is 2.20. The van der Waals surface area contributed by atoms with Gasteiger partial charge in [-0.25, -0.2) is 9.79 Å². The van der Waals surface area contributed by atoms with Crippen molar-refractivity contribution in [2.45, 2.75) is 0 Å². The SMILES string of the molecule is O=C1OC(/C=C/c2ccccc2)=NC/1=C/C=C/c1ccco1. The molecule has 1 aromatic carbocycles. The van der Waals surface area contributed by atoms with Crippen LogP contribution in [0.1, 0.15) is 11.3 Å². The zero-order chi connectivity index (χ0) is 15.2. The van der Waals surface area contributed by atoms with Crippen molar-refractivity contribution in [3.05, 3.63) is 84.0 Å². The number of rotatable bonds is 4. The molecule has 0 bridgehead atoms. The van der Waals surface area contributed by atoms with E-state index in [9.17, 15) is 4.79 Å². The number of esters is 1. The maximum atomic E-state index is 11.7. The lowest BCUT2D eigenvalue weighted by Gasteiger charge is -1.92. The molecule has 0 atom stereocenters. The molecule has 0 amide bonds. The molecule has 0 saturated carbocycles. The second-order valence-corrected chi connectivity index (χ2v) is 4.51. The van der Waals surface area contributed by atoms with Crippen molar-refractivity contribution in [3.63, 3.8) is 0 Å². The first-order valence-electron chi connectivity index (χ1n) is 6.77. The van der Waals surface area contributed by atoms with E-state index in [1.54, 1.807) is 36.6 Å². The van der Waals surface area contributed by atoms with Gasteiger partial charge < -0.3 is 9.15 Å². The Morgan fingerprint density at radius 3 is 2.59 bits per heavy atom. The molecule has 0 radical (unpaired) electrons. The number of allylic oxidation sites excluding steroid dienone is 2. The van der Waals surface area contributed by atoms with Gasteiger partial charge in [0.1, 0.15) is 5.76 Å². The summed E-state index contributed by atoms with van der Waals surface area (Å²) in [6.45, 7) is 0. The van der Waals surface area contributed by atoms with Gasteiger partial charge in [-0.2, -0.15) is 0 Å². The van der Waals surface area contributed by atoms with Gasteiger partial charge in [-0.15, -0.1) is 0 Å². The molecule has 0 N–H and O–H groups in total. The van der Waals surface area contributed by atoms with Crippen molar-refractivity contribution in [2.24, 2.45) is 4.99 Å². The van der Waals surface area contributed by atoms with E-state index in [4.69, 9.17) is 9.15 Å². The summed E-state index contributed by atoms with van der Waals surface area (Å²) in [4.78, 5) is 15.8. The van der Waals surface area contributed by atoms with E-state index in [0.717, 1.165) is 5.56 Å². The summed E-state index contributed by atoms with van der Waals surface area (Å²) >= 11 is 0. The molecule has 1 aliphatic rings. The van der Waals surface area contributed by atoms with E-state index in [1.807, 2.05) is 42.5 Å². The van der Waals surface area contributed by atoms with Crippen LogP contribution in [-0.2, 0) is 9.53 Å². The Bertz CT molecular complexity index is 766. The first-order chi connectivity index (χ1) is 10.8. The molecule has 4 heteroatoms. The van der Waals surface area contributed by atoms with Gasteiger partial charge in [0.25, 0.3) is 0 Å². The highest BCUT2D eigenvalue weighted by Crippen LogP contribution is 2.13. The molecule has 1 aromatic heterocycles. The van der Waals surface area contributed by atoms with E-state index in [-0.39, 0.29) is 11.6 Å². The molecule has 0 spiro atoms. The van der Waals surface area contributed by atoms with Crippen molar-refractivity contribution in [3.8, 4) is 0 Å². The van der Waals surface area contributed by atoms with Crippen LogP contribution in [0.4, 0.5) is 0 Å². The third-order valence-corrected chi connectivity index (χ3v) is 2.91. The van der Waals surface area contributed by atoms with E-state index in [2.05, 4.69) is 4.99 Å². The molecular formula is C18H13NO3. The summed E-state index contributed by atoms with van der Waals surface area (Å²) in [7, 11) is 0. The van der Waals surface area contributed by atoms with Gasteiger partial charge >= 0.3 is 5.97 Å². The molecule has 0 aliphatic carbocycles. The summed E-state index contributed by atoms with van der Waals surface area (Å²) in [6, 6.07) is 13.3. The number of ether oxygens (including phenoxy) is 1. The number of carbonyl (C=O) groups excluding carboxylic acids is 1. The molecule has 108 valence electrons. The predicted octanol–water partition coefficient (Wildman–Crippen LogP) is 3.85. The zero-order valence-electron chi connectivity index (χ0n) is 11.7. The van der Waals surface area contributed by atoms with Crippen LogP contribution in [0.25, 0.3) is 12.2 Å². The normalized spacial score (nSPS) is 16.6. The minimum absolute atomic E-state index is 0.260. The first-order valence-corrected chi connectivity index (χ1v) is 6.77. The minimum Gasteiger partial charge on any atom is -0.465 e. The molecule has 3 rings (SSSR count). The Hall–Kier alpha value is -3.14. The summed E-state index contributed by atoms with van der Waals surface area (Å²) in [5.74, 6) is 0.527. The third-order valence-electron chi connectivity index (χ3n) is 2.91. The van der Waals surface area contributed by atoms with Crippen LogP contribution in [0.15, 0.2) is 82.1 Å². The van der Waals surface area contributed by atoms with Gasteiger partial charge in [0.05, 0.1) is 6.26 Å². The number of hydrogen-bond acceptors (Lipinski definition) is 4. The van der Waals surface area contributed by atoms with E-state index in [1.165, 1.54) is 0 Å². The van der Waals surface area contributed by atoms with E-state index < -0.39 is 5.97 Å². The summed E-state index contributed by atoms with van der Waals surface area (Å²) in [5, 5.41) is 0. The van der Waals surface area contributed by atoms with Gasteiger partial charge in [-0.1, -0.05) is 36.4 Å². The van der Waals surface area contributed by atoms with Crippen molar-refractivity contribution >= 4 is 24.0 Å². The topological polar surface area (TPSA) is 51.8 Å². The molecule has 2 heterocycles. The van der Waals surface area contributed by atoms with Crippen molar-refractivity contribution in [2.75, 3.05) is 0 Å². The maximum absolute atomic E-state index is 11.7. The maximum Gasteiger partial charge on any atom is 0.363 e. The van der Waals surface area contributed by atoms with Gasteiger partial charge in [-0.05, 0) is 35.9 Å². The minimum atomic E-state index is -0.461. The van der Waals surface area contributed by atoms with Crippen LogP contribution in [-0.4, -0.2) is 11.9 Å². The fourth-order valence-electron chi connectivity index (χ4n) is 1.86. The molecule has 2 aromatic rings. The smallest absolute Gasteiger partial charge is 0.363 e. The van der Waals surface area contributed by atoms with Crippen LogP contribution in [0.2, 0.25) is 0 Å². The number of cyclic esters (lactones) is 1. The van der Waals surface area contributed by atoms with Crippen molar-refractivity contribution in [1.29, 1.82) is 0 Å². The lowest BCUT2D eigenvalue weighted by Crippen LogP contribution is -2.00. The summed E-state index contributed by atoms with van der Waals surface area (Å²) < 4.78 is 10.2. The van der Waals surface area contributed by atoms with Crippen molar-refractivity contribution < 1.29 is 13.9 Å². The second kappa shape index (κ2) is 6.54. The Morgan fingerprint density at radius 2 is 1.82 bits per heavy atom. The Balaban J connectivity index is 1.70. The number of benzene rings is 1. The lowest BCUT2D eigenvalue weighted by molar-refractivity contribution is -0.129. The molecule has 0 unspecified atom stereocenters. The Morgan fingerprint density at radius 1 is 0.955 bits per heavy atom. The number of aliphatic imine (C=N–C) groups is 1. The van der Waals surface area contributed by atoms with Gasteiger partial charge in [0.2, 0.25) is 5.90 Å². The highest BCUT2D eigenvalue weighted by atomic mass is 16.6. The van der Waals surface area contributed by atoms with E-state index in [0.29, 0.717) is 5.76 Å². The van der Waals surface area contributed by atoms with Crippen LogP contribution >= 0.6 is 0 Å². The van der Waals surface area contributed by atoms with Gasteiger partial charge in [-0.3, -0.25) is 0 Å². The molecular weight excluding hydrogens is 278 g/mol. The van der Waals surface area contributed by atoms with Crippen LogP contribution < -0.4 is 0 Å². The third kappa shape index (κ3) is 3.49.